The number of aliphatic imine (C=N–C) groups is 1. The molecule has 1 unspecified atom stereocenters. The molecule has 1 N–H and O–H groups in total. The quantitative estimate of drug-likeness (QED) is 0.445. The zero-order valence-electron chi connectivity index (χ0n) is 16.5. The van der Waals surface area contributed by atoms with E-state index in [4.69, 9.17) is 0 Å². The minimum atomic E-state index is -0.381. The van der Waals surface area contributed by atoms with Crippen molar-refractivity contribution in [3.8, 4) is 0 Å². The zero-order chi connectivity index (χ0) is 19.9. The average molecular weight is 491 g/mol. The van der Waals surface area contributed by atoms with Crippen LogP contribution < -0.4 is 4.99 Å². The normalized spacial score (nSPS) is 16.5. The predicted molar refractivity (Wildman–Crippen MR) is 114 cm³/mol. The number of hydrogen-bond donors (Lipinski definition) is 1. The van der Waals surface area contributed by atoms with Gasteiger partial charge in [0.25, 0.3) is 5.91 Å². The molecular weight excluding hydrogens is 471 g/mol. The number of amidine groups is 1. The number of amides is 1. The summed E-state index contributed by atoms with van der Waals surface area (Å²) < 4.78 is 0. The van der Waals surface area contributed by atoms with Crippen molar-refractivity contribution in [2.75, 3.05) is 0 Å². The largest absolute Gasteiger partial charge is 2.00 e. The number of nitrogens with zero attached hydrogens (tertiary/aromatic N) is 2. The SMILES string of the molecule is O=C1C(Cc2ccccc2)N=C2[C-]=[NH+]C(c3ccccc3)=CN12.[Cd+2].[c-]1ccccc1. The van der Waals surface area contributed by atoms with Crippen molar-refractivity contribution in [1.29, 1.82) is 0 Å². The molecule has 5 heteroatoms. The molecule has 0 aliphatic carbocycles. The molecule has 0 saturated carbocycles. The molecule has 0 radical (unpaired) electrons. The Balaban J connectivity index is 0.000000317. The van der Waals surface area contributed by atoms with Crippen LogP contribution in [0.5, 0.6) is 0 Å². The maximum atomic E-state index is 12.6. The molecule has 2 heterocycles. The van der Waals surface area contributed by atoms with Gasteiger partial charge in [0.1, 0.15) is 11.9 Å². The van der Waals surface area contributed by atoms with Crippen LogP contribution in [0.25, 0.3) is 5.70 Å². The average Bonchev–Trinajstić information content (AvgIpc) is 3.11. The van der Waals surface area contributed by atoms with E-state index in [1.54, 1.807) is 11.1 Å². The van der Waals surface area contributed by atoms with Gasteiger partial charge >= 0.3 is 27.3 Å². The van der Waals surface area contributed by atoms with Gasteiger partial charge < -0.3 is 4.99 Å². The van der Waals surface area contributed by atoms with E-state index in [1.165, 1.54) is 0 Å². The molecule has 30 heavy (non-hydrogen) atoms. The summed E-state index contributed by atoms with van der Waals surface area (Å²) in [4.78, 5) is 21.8. The van der Waals surface area contributed by atoms with E-state index in [-0.39, 0.29) is 39.2 Å². The Morgan fingerprint density at radius 3 is 2.13 bits per heavy atom. The van der Waals surface area contributed by atoms with Crippen LogP contribution >= 0.6 is 0 Å². The van der Waals surface area contributed by atoms with Crippen LogP contribution in [0.3, 0.4) is 0 Å². The maximum Gasteiger partial charge on any atom is 2.00 e. The smallest absolute Gasteiger partial charge is 0.369 e. The van der Waals surface area contributed by atoms with Crippen molar-refractivity contribution in [3.63, 3.8) is 0 Å². The van der Waals surface area contributed by atoms with Gasteiger partial charge in [-0.15, -0.1) is 0 Å². The van der Waals surface area contributed by atoms with Crippen molar-refractivity contribution >= 4 is 23.7 Å². The molecular formula is C25H20CdN3O+. The Bertz CT molecular complexity index is 1020. The van der Waals surface area contributed by atoms with E-state index in [0.717, 1.165) is 16.8 Å². The first-order valence-corrected chi connectivity index (χ1v) is 9.46. The number of fused-ring (bicyclic) bond motifs is 1. The number of hydrogen-bond acceptors (Lipinski definition) is 2. The first-order chi connectivity index (χ1) is 14.3. The summed E-state index contributed by atoms with van der Waals surface area (Å²) in [5, 5.41) is 0. The maximum absolute atomic E-state index is 12.6. The van der Waals surface area contributed by atoms with Gasteiger partial charge in [-0.05, 0) is 11.1 Å². The summed E-state index contributed by atoms with van der Waals surface area (Å²) in [5.74, 6) is 0.543. The van der Waals surface area contributed by atoms with E-state index in [2.05, 4.69) is 22.3 Å². The molecule has 2 aliphatic heterocycles. The predicted octanol–water partition coefficient (Wildman–Crippen LogP) is 2.36. The second kappa shape index (κ2) is 10.8. The summed E-state index contributed by atoms with van der Waals surface area (Å²) in [6, 6.07) is 31.9. The number of carbonyl (C=O) groups is 1. The van der Waals surface area contributed by atoms with Gasteiger partial charge in [0, 0.05) is 12.6 Å². The molecule has 3 aromatic carbocycles. The van der Waals surface area contributed by atoms with Crippen LogP contribution in [-0.2, 0) is 38.5 Å². The standard InChI is InChI=1S/C19H15N3O.C6H5.Cd/c23-19-16(11-14-7-3-1-4-8-14)21-18-12-20-17(13-22(18)19)15-9-5-2-6-10-15;1-2-4-6-5-3-1;/h1-10,13,16,20H,11H2;1-5H;/q;-1;+2. The molecule has 0 aromatic heterocycles. The number of benzene rings is 3. The Morgan fingerprint density at radius 2 is 1.53 bits per heavy atom. The summed E-state index contributed by atoms with van der Waals surface area (Å²) >= 11 is 0. The number of rotatable bonds is 3. The summed E-state index contributed by atoms with van der Waals surface area (Å²) in [7, 11) is 0. The molecule has 3 aromatic rings. The van der Waals surface area contributed by atoms with Crippen LogP contribution in [-0.4, -0.2) is 28.9 Å². The third-order valence-corrected chi connectivity index (χ3v) is 4.56. The van der Waals surface area contributed by atoms with E-state index in [9.17, 15) is 4.79 Å². The first-order valence-electron chi connectivity index (χ1n) is 9.46. The topological polar surface area (TPSA) is 46.6 Å². The Labute approximate surface area is 196 Å². The van der Waals surface area contributed by atoms with E-state index < -0.39 is 0 Å². The Kier molecular flexibility index (Phi) is 7.84. The Hall–Kier alpha value is -2.87. The van der Waals surface area contributed by atoms with Gasteiger partial charge in [-0.1, -0.05) is 60.7 Å². The van der Waals surface area contributed by atoms with E-state index in [1.807, 2.05) is 91.0 Å². The molecule has 2 aliphatic rings. The molecule has 4 nitrogen and oxygen atoms in total. The monoisotopic (exact) mass is 492 g/mol. The van der Waals surface area contributed by atoms with Crippen LogP contribution in [0.4, 0.5) is 0 Å². The number of nitrogens with one attached hydrogen (secondary N) is 1. The fraction of sp³-hybridized carbons (Fsp3) is 0.0800. The van der Waals surface area contributed by atoms with Gasteiger partial charge in [0.15, 0.2) is 0 Å². The van der Waals surface area contributed by atoms with Crippen molar-refractivity contribution < 1.29 is 37.1 Å². The van der Waals surface area contributed by atoms with Gasteiger partial charge in [-0.3, -0.25) is 14.7 Å². The molecule has 0 spiro atoms. The molecule has 0 bridgehead atoms. The summed E-state index contributed by atoms with van der Waals surface area (Å²) in [5.41, 5.74) is 2.96. The summed E-state index contributed by atoms with van der Waals surface area (Å²) in [6.45, 7) is 0. The zero-order valence-corrected chi connectivity index (χ0v) is 20.6. The molecule has 5 rings (SSSR count). The molecule has 1 amide bonds. The third-order valence-electron chi connectivity index (χ3n) is 4.56. The van der Waals surface area contributed by atoms with Crippen molar-refractivity contribution in [2.45, 2.75) is 12.5 Å². The molecule has 1 atom stereocenters. The van der Waals surface area contributed by atoms with Crippen LogP contribution in [0, 0.1) is 6.07 Å². The minimum Gasteiger partial charge on any atom is -0.369 e. The van der Waals surface area contributed by atoms with E-state index in [0.29, 0.717) is 12.3 Å². The molecule has 0 fully saturated rings. The third kappa shape index (κ3) is 5.39. The first kappa shape index (κ1) is 21.8. The molecule has 142 valence electrons. The van der Waals surface area contributed by atoms with Crippen molar-refractivity contribution in [3.05, 3.63) is 114 Å². The van der Waals surface area contributed by atoms with Gasteiger partial charge in [-0.25, -0.2) is 0 Å². The second-order valence-corrected chi connectivity index (χ2v) is 6.60. The van der Waals surface area contributed by atoms with Gasteiger partial charge in [-0.2, -0.15) is 36.4 Å². The van der Waals surface area contributed by atoms with Crippen LogP contribution in [0.15, 0.2) is 102 Å². The fourth-order valence-corrected chi connectivity index (χ4v) is 3.11. The fourth-order valence-electron chi connectivity index (χ4n) is 3.11. The second-order valence-electron chi connectivity index (χ2n) is 6.60. The minimum absolute atomic E-state index is 0. The molecule has 0 saturated heterocycles. The van der Waals surface area contributed by atoms with Crippen LogP contribution in [0.1, 0.15) is 11.1 Å². The van der Waals surface area contributed by atoms with E-state index >= 15 is 0 Å². The van der Waals surface area contributed by atoms with Gasteiger partial charge in [0.05, 0.1) is 11.9 Å². The summed E-state index contributed by atoms with van der Waals surface area (Å²) in [6.07, 6.45) is 5.42. The van der Waals surface area contributed by atoms with Gasteiger partial charge in [0.2, 0.25) is 0 Å². The number of carbonyl (C=O) groups excluding carboxylic acids is 1. The Morgan fingerprint density at radius 1 is 0.900 bits per heavy atom. The van der Waals surface area contributed by atoms with Crippen molar-refractivity contribution in [2.24, 2.45) is 4.99 Å². The van der Waals surface area contributed by atoms with Crippen molar-refractivity contribution in [1.82, 2.24) is 4.90 Å². The van der Waals surface area contributed by atoms with Crippen LogP contribution in [0.2, 0.25) is 0 Å².